The van der Waals surface area contributed by atoms with E-state index in [1.807, 2.05) is 6.07 Å². The molecule has 6 heteroatoms. The highest BCUT2D eigenvalue weighted by Gasteiger charge is 2.13. The normalized spacial score (nSPS) is 10.7. The molecule has 0 bridgehead atoms. The minimum atomic E-state index is -0.162. The molecule has 0 fully saturated rings. The molecule has 1 heterocycles. The minimum absolute atomic E-state index is 0.162. The van der Waals surface area contributed by atoms with E-state index < -0.39 is 0 Å². The zero-order chi connectivity index (χ0) is 18.5. The van der Waals surface area contributed by atoms with Gasteiger partial charge in [-0.1, -0.05) is 59.1 Å². The number of hydrogen-bond donors (Lipinski definition) is 1. The first-order valence-corrected chi connectivity index (χ1v) is 9.87. The Hall–Kier alpha value is -1.88. The van der Waals surface area contributed by atoms with Crippen LogP contribution in [0.1, 0.15) is 32.2 Å². The Bertz CT molecular complexity index is 886. The zero-order valence-corrected chi connectivity index (χ0v) is 16.6. The van der Waals surface area contributed by atoms with Gasteiger partial charge in [0.2, 0.25) is 0 Å². The van der Waals surface area contributed by atoms with Crippen molar-refractivity contribution in [2.75, 3.05) is 6.54 Å². The van der Waals surface area contributed by atoms with Crippen LogP contribution >= 0.6 is 34.5 Å². The smallest absolute Gasteiger partial charge is 0.270 e. The van der Waals surface area contributed by atoms with Gasteiger partial charge in [0, 0.05) is 28.4 Å². The number of nitrogens with one attached hydrogen (secondary N) is 1. The van der Waals surface area contributed by atoms with Gasteiger partial charge in [-0.3, -0.25) is 4.79 Å². The van der Waals surface area contributed by atoms with Crippen molar-refractivity contribution >= 4 is 40.4 Å². The van der Waals surface area contributed by atoms with Crippen molar-refractivity contribution in [1.82, 2.24) is 10.3 Å². The third-order valence-corrected chi connectivity index (χ3v) is 5.55. The van der Waals surface area contributed by atoms with Gasteiger partial charge in [-0.2, -0.15) is 0 Å². The molecule has 0 aliphatic heterocycles. The van der Waals surface area contributed by atoms with Crippen LogP contribution in [-0.4, -0.2) is 17.4 Å². The summed E-state index contributed by atoms with van der Waals surface area (Å²) < 4.78 is 0. The van der Waals surface area contributed by atoms with E-state index in [1.54, 1.807) is 17.5 Å². The Morgan fingerprint density at radius 1 is 1.12 bits per heavy atom. The predicted octanol–water partition coefficient (Wildman–Crippen LogP) is 5.32. The lowest BCUT2D eigenvalue weighted by atomic mass is 10.1. The van der Waals surface area contributed by atoms with Gasteiger partial charge in [-0.15, -0.1) is 11.3 Å². The summed E-state index contributed by atoms with van der Waals surface area (Å²) in [6, 6.07) is 13.7. The molecule has 2 aromatic carbocycles. The van der Waals surface area contributed by atoms with Gasteiger partial charge < -0.3 is 5.32 Å². The molecule has 134 valence electrons. The average molecular weight is 405 g/mol. The first-order chi connectivity index (χ1) is 12.5. The molecule has 0 aliphatic carbocycles. The van der Waals surface area contributed by atoms with Crippen molar-refractivity contribution in [3.05, 3.63) is 85.3 Å². The number of halogens is 2. The molecular weight excluding hydrogens is 387 g/mol. The topological polar surface area (TPSA) is 42.0 Å². The molecule has 3 nitrogen and oxygen atoms in total. The van der Waals surface area contributed by atoms with Crippen LogP contribution < -0.4 is 5.32 Å². The number of aryl methyl sites for hydroxylation is 1. The third kappa shape index (κ3) is 4.85. The number of hydrogen-bond acceptors (Lipinski definition) is 3. The van der Waals surface area contributed by atoms with Gasteiger partial charge in [-0.05, 0) is 36.6 Å². The van der Waals surface area contributed by atoms with E-state index >= 15 is 0 Å². The summed E-state index contributed by atoms with van der Waals surface area (Å²) in [6.45, 7) is 2.63. The van der Waals surface area contributed by atoms with E-state index in [1.165, 1.54) is 22.5 Å². The van der Waals surface area contributed by atoms with Gasteiger partial charge in [0.1, 0.15) is 5.69 Å². The van der Waals surface area contributed by atoms with E-state index in [9.17, 15) is 4.79 Å². The van der Waals surface area contributed by atoms with Gasteiger partial charge in [-0.25, -0.2) is 4.98 Å². The molecule has 0 spiro atoms. The van der Waals surface area contributed by atoms with Crippen LogP contribution in [0.4, 0.5) is 0 Å². The maximum atomic E-state index is 12.3. The zero-order valence-electron chi connectivity index (χ0n) is 14.3. The molecule has 0 unspecified atom stereocenters. The molecule has 1 aromatic heterocycles. The Labute approximate surface area is 167 Å². The molecule has 0 radical (unpaired) electrons. The largest absolute Gasteiger partial charge is 0.350 e. The molecule has 0 aliphatic rings. The van der Waals surface area contributed by atoms with E-state index in [0.717, 1.165) is 17.0 Å². The van der Waals surface area contributed by atoms with Gasteiger partial charge >= 0.3 is 0 Å². The number of nitrogens with zero attached hydrogens (tertiary/aromatic N) is 1. The monoisotopic (exact) mass is 404 g/mol. The lowest BCUT2D eigenvalue weighted by Crippen LogP contribution is -2.26. The summed E-state index contributed by atoms with van der Waals surface area (Å²) >= 11 is 13.8. The van der Waals surface area contributed by atoms with Crippen LogP contribution in [0.25, 0.3) is 0 Å². The molecule has 3 rings (SSSR count). The number of rotatable bonds is 6. The highest BCUT2D eigenvalue weighted by atomic mass is 35.5. The summed E-state index contributed by atoms with van der Waals surface area (Å²) in [6.07, 6.45) is 1.30. The minimum Gasteiger partial charge on any atom is -0.350 e. The lowest BCUT2D eigenvalue weighted by Gasteiger charge is -2.05. The van der Waals surface area contributed by atoms with Crippen molar-refractivity contribution in [3.8, 4) is 0 Å². The average Bonchev–Trinajstić information content (AvgIpc) is 3.09. The Kier molecular flexibility index (Phi) is 6.30. The molecule has 0 saturated carbocycles. The number of benzene rings is 2. The summed E-state index contributed by atoms with van der Waals surface area (Å²) in [5, 5.41) is 6.71. The van der Waals surface area contributed by atoms with Crippen molar-refractivity contribution < 1.29 is 4.79 Å². The fourth-order valence-corrected chi connectivity index (χ4v) is 3.83. The molecule has 3 aromatic rings. The Morgan fingerprint density at radius 3 is 2.50 bits per heavy atom. The van der Waals surface area contributed by atoms with Gasteiger partial charge in [0.15, 0.2) is 0 Å². The maximum absolute atomic E-state index is 12.3. The molecule has 1 amide bonds. The van der Waals surface area contributed by atoms with Crippen molar-refractivity contribution in [3.63, 3.8) is 0 Å². The Balaban J connectivity index is 1.57. The quantitative estimate of drug-likeness (QED) is 0.603. The Morgan fingerprint density at radius 2 is 1.81 bits per heavy atom. The van der Waals surface area contributed by atoms with E-state index in [4.69, 9.17) is 23.2 Å². The van der Waals surface area contributed by atoms with E-state index in [-0.39, 0.29) is 5.91 Å². The van der Waals surface area contributed by atoms with Crippen LogP contribution in [0.2, 0.25) is 10.0 Å². The number of amides is 1. The second-order valence-corrected chi connectivity index (χ2v) is 7.75. The van der Waals surface area contributed by atoms with Crippen LogP contribution in [0.3, 0.4) is 0 Å². The highest BCUT2D eigenvalue weighted by molar-refractivity contribution is 7.09. The first-order valence-electron chi connectivity index (χ1n) is 8.24. The van der Waals surface area contributed by atoms with Crippen LogP contribution in [0, 0.1) is 6.92 Å². The number of carbonyl (C=O) groups excluding carboxylic acids is 1. The van der Waals surface area contributed by atoms with Gasteiger partial charge in [0.25, 0.3) is 5.91 Å². The number of carbonyl (C=O) groups is 1. The fourth-order valence-electron chi connectivity index (χ4n) is 2.51. The number of thiazole rings is 1. The first kappa shape index (κ1) is 18.9. The fraction of sp³-hybridized carbons (Fsp3) is 0.200. The highest BCUT2D eigenvalue weighted by Crippen LogP contribution is 2.27. The third-order valence-electron chi connectivity index (χ3n) is 3.99. The SMILES string of the molecule is Cc1ccc(CCNC(=O)c2csc(Cc3c(Cl)cccc3Cl)n2)cc1. The summed E-state index contributed by atoms with van der Waals surface area (Å²) in [5.74, 6) is -0.162. The molecular formula is C20H18Cl2N2OS. The second kappa shape index (κ2) is 8.67. The van der Waals surface area contributed by atoms with Crippen LogP contribution in [0.5, 0.6) is 0 Å². The predicted molar refractivity (Wildman–Crippen MR) is 109 cm³/mol. The van der Waals surface area contributed by atoms with Gasteiger partial charge in [0.05, 0.1) is 5.01 Å². The molecule has 0 saturated heterocycles. The summed E-state index contributed by atoms with van der Waals surface area (Å²) in [4.78, 5) is 16.7. The molecule has 1 N–H and O–H groups in total. The molecule has 26 heavy (non-hydrogen) atoms. The van der Waals surface area contributed by atoms with E-state index in [0.29, 0.717) is 28.7 Å². The standard InChI is InChI=1S/C20H18Cl2N2OS/c1-13-5-7-14(8-6-13)9-10-23-20(25)18-12-26-19(24-18)11-15-16(21)3-2-4-17(15)22/h2-8,12H,9-11H2,1H3,(H,23,25). The molecule has 0 atom stereocenters. The summed E-state index contributed by atoms with van der Waals surface area (Å²) in [7, 11) is 0. The van der Waals surface area contributed by atoms with Crippen molar-refractivity contribution in [2.45, 2.75) is 19.8 Å². The second-order valence-electron chi connectivity index (χ2n) is 5.99. The van der Waals surface area contributed by atoms with Crippen LogP contribution in [0.15, 0.2) is 47.8 Å². The van der Waals surface area contributed by atoms with Crippen LogP contribution in [-0.2, 0) is 12.8 Å². The van der Waals surface area contributed by atoms with Crippen molar-refractivity contribution in [1.29, 1.82) is 0 Å². The lowest BCUT2D eigenvalue weighted by molar-refractivity contribution is 0.0949. The maximum Gasteiger partial charge on any atom is 0.270 e. The van der Waals surface area contributed by atoms with Crippen molar-refractivity contribution in [2.24, 2.45) is 0 Å². The number of aromatic nitrogens is 1. The summed E-state index contributed by atoms with van der Waals surface area (Å²) in [5.41, 5.74) is 3.68. The van der Waals surface area contributed by atoms with E-state index in [2.05, 4.69) is 41.5 Å².